The molecule has 27 heavy (non-hydrogen) atoms. The predicted molar refractivity (Wildman–Crippen MR) is 100 cm³/mol. The van der Waals surface area contributed by atoms with Crippen LogP contribution in [0.4, 0.5) is 0 Å². The molecule has 0 spiro atoms. The Bertz CT molecular complexity index is 944. The minimum Gasteiger partial charge on any atom is -1.00 e. The topological polar surface area (TPSA) is 35.1 Å². The van der Waals surface area contributed by atoms with Crippen LogP contribution in [0.2, 0.25) is 0 Å². The summed E-state index contributed by atoms with van der Waals surface area (Å²) in [4.78, 5) is 12.7. The standard InChI is InChI=1S/C22H23N2O2.BrH/c1-16-5-7-17(8-6-16)20-14-23(22-4-3-13-24(20)22)15-21(25)18-9-11-19(26-2)12-10-18;/h5-12,14H,3-4,13,15H2,1-2H3;1H/q+1;/p-1. The Morgan fingerprint density at radius 3 is 2.48 bits per heavy atom. The molecule has 0 amide bonds. The van der Waals surface area contributed by atoms with Crippen LogP contribution in [0.25, 0.3) is 11.3 Å². The molecule has 0 bridgehead atoms. The summed E-state index contributed by atoms with van der Waals surface area (Å²) in [5, 5.41) is 0. The van der Waals surface area contributed by atoms with Crippen molar-refractivity contribution in [3.63, 3.8) is 0 Å². The third-order valence-corrected chi connectivity index (χ3v) is 5.07. The summed E-state index contributed by atoms with van der Waals surface area (Å²) in [6.45, 7) is 3.48. The van der Waals surface area contributed by atoms with Crippen LogP contribution in [0.1, 0.15) is 28.2 Å². The average molecular weight is 427 g/mol. The van der Waals surface area contributed by atoms with Crippen LogP contribution >= 0.6 is 0 Å². The molecule has 0 radical (unpaired) electrons. The molecule has 1 aliphatic rings. The maximum absolute atomic E-state index is 12.7. The van der Waals surface area contributed by atoms with Gasteiger partial charge < -0.3 is 21.7 Å². The Kier molecular flexibility index (Phi) is 5.80. The number of imidazole rings is 1. The molecule has 3 aromatic rings. The highest BCUT2D eigenvalue weighted by molar-refractivity contribution is 5.95. The van der Waals surface area contributed by atoms with Crippen molar-refractivity contribution in [2.75, 3.05) is 7.11 Å². The van der Waals surface area contributed by atoms with Gasteiger partial charge in [-0.25, -0.2) is 9.13 Å². The van der Waals surface area contributed by atoms with E-state index in [0.717, 1.165) is 25.1 Å². The third-order valence-electron chi connectivity index (χ3n) is 5.07. The van der Waals surface area contributed by atoms with Crippen molar-refractivity contribution < 1.29 is 31.1 Å². The number of methoxy groups -OCH3 is 1. The molecule has 0 aliphatic carbocycles. The summed E-state index contributed by atoms with van der Waals surface area (Å²) >= 11 is 0. The van der Waals surface area contributed by atoms with E-state index in [2.05, 4.69) is 46.5 Å². The van der Waals surface area contributed by atoms with E-state index in [-0.39, 0.29) is 22.8 Å². The molecule has 4 rings (SSSR count). The van der Waals surface area contributed by atoms with Crippen LogP contribution < -0.4 is 26.3 Å². The van der Waals surface area contributed by atoms with E-state index in [1.54, 1.807) is 7.11 Å². The predicted octanol–water partition coefficient (Wildman–Crippen LogP) is 0.593. The zero-order valence-corrected chi connectivity index (χ0v) is 17.2. The Balaban J connectivity index is 0.00000210. The van der Waals surface area contributed by atoms with Gasteiger partial charge in [0.05, 0.1) is 20.1 Å². The highest BCUT2D eigenvalue weighted by atomic mass is 79.9. The molecule has 0 saturated heterocycles. The molecule has 0 atom stereocenters. The van der Waals surface area contributed by atoms with Crippen molar-refractivity contribution in [1.29, 1.82) is 0 Å². The van der Waals surface area contributed by atoms with Crippen LogP contribution in [0.5, 0.6) is 5.75 Å². The van der Waals surface area contributed by atoms with Gasteiger partial charge in [-0.3, -0.25) is 4.79 Å². The lowest BCUT2D eigenvalue weighted by Gasteiger charge is -2.02. The molecule has 140 valence electrons. The van der Waals surface area contributed by atoms with Gasteiger partial charge in [0.25, 0.3) is 5.82 Å². The van der Waals surface area contributed by atoms with Crippen molar-refractivity contribution in [3.05, 3.63) is 71.7 Å². The second-order valence-corrected chi connectivity index (χ2v) is 6.83. The number of hydrogen-bond acceptors (Lipinski definition) is 2. The molecule has 1 aliphatic heterocycles. The zero-order chi connectivity index (χ0) is 18.1. The van der Waals surface area contributed by atoms with E-state index in [1.807, 2.05) is 24.3 Å². The number of halogens is 1. The fourth-order valence-corrected chi connectivity index (χ4v) is 3.62. The van der Waals surface area contributed by atoms with E-state index in [4.69, 9.17) is 4.74 Å². The number of fused-ring (bicyclic) bond motifs is 1. The molecular weight excluding hydrogens is 404 g/mol. The number of aromatic nitrogens is 2. The molecule has 0 unspecified atom stereocenters. The summed E-state index contributed by atoms with van der Waals surface area (Å²) in [5.41, 5.74) is 4.37. The van der Waals surface area contributed by atoms with E-state index in [9.17, 15) is 4.79 Å². The van der Waals surface area contributed by atoms with E-state index in [0.29, 0.717) is 12.1 Å². The second kappa shape index (κ2) is 8.09. The monoisotopic (exact) mass is 426 g/mol. The van der Waals surface area contributed by atoms with E-state index < -0.39 is 0 Å². The van der Waals surface area contributed by atoms with Gasteiger partial charge in [0.2, 0.25) is 5.78 Å². The van der Waals surface area contributed by atoms with Gasteiger partial charge >= 0.3 is 0 Å². The molecular formula is C22H23BrN2O2. The lowest BCUT2D eigenvalue weighted by molar-refractivity contribution is -0.689. The second-order valence-electron chi connectivity index (χ2n) is 6.83. The number of ether oxygens (including phenoxy) is 1. The molecule has 0 N–H and O–H groups in total. The van der Waals surface area contributed by atoms with Gasteiger partial charge in [0, 0.05) is 11.1 Å². The minimum atomic E-state index is 0. The Labute approximate surface area is 170 Å². The number of aryl methyl sites for hydroxylation is 1. The number of carbonyl (C=O) groups excluding carboxylic acids is 1. The van der Waals surface area contributed by atoms with Crippen LogP contribution in [0.3, 0.4) is 0 Å². The highest BCUT2D eigenvalue weighted by Gasteiger charge is 2.29. The largest absolute Gasteiger partial charge is 1.00 e. The van der Waals surface area contributed by atoms with Gasteiger partial charge in [0.1, 0.15) is 11.9 Å². The van der Waals surface area contributed by atoms with Gasteiger partial charge in [-0.05, 0) is 37.6 Å². The average Bonchev–Trinajstić information content (AvgIpc) is 3.26. The summed E-state index contributed by atoms with van der Waals surface area (Å²) in [6, 6.07) is 15.9. The van der Waals surface area contributed by atoms with Crippen LogP contribution in [-0.4, -0.2) is 17.5 Å². The third kappa shape index (κ3) is 3.83. The van der Waals surface area contributed by atoms with E-state index in [1.165, 1.54) is 22.6 Å². The first-order valence-electron chi connectivity index (χ1n) is 9.02. The smallest absolute Gasteiger partial charge is 0.257 e. The minimum absolute atomic E-state index is 0. The molecule has 5 heteroatoms. The molecule has 2 heterocycles. The summed E-state index contributed by atoms with van der Waals surface area (Å²) in [7, 11) is 1.63. The number of nitrogens with zero attached hydrogens (tertiary/aromatic N) is 2. The number of ketones is 1. The Hall–Kier alpha value is -2.40. The van der Waals surface area contributed by atoms with Crippen LogP contribution in [0, 0.1) is 6.92 Å². The lowest BCUT2D eigenvalue weighted by Crippen LogP contribution is -3.00. The number of carbonyl (C=O) groups is 1. The molecule has 1 aromatic heterocycles. The number of Topliss-reactive ketones (excluding diaryl/α,β-unsaturated/α-hetero) is 1. The van der Waals surface area contributed by atoms with Crippen molar-refractivity contribution in [1.82, 2.24) is 4.57 Å². The summed E-state index contributed by atoms with van der Waals surface area (Å²) in [6.07, 6.45) is 4.27. The normalized spacial score (nSPS) is 12.4. The first-order chi connectivity index (χ1) is 12.7. The Morgan fingerprint density at radius 2 is 1.81 bits per heavy atom. The molecule has 0 fully saturated rings. The fourth-order valence-electron chi connectivity index (χ4n) is 3.62. The highest BCUT2D eigenvalue weighted by Crippen LogP contribution is 2.25. The van der Waals surface area contributed by atoms with Crippen molar-refractivity contribution >= 4 is 5.78 Å². The van der Waals surface area contributed by atoms with Crippen molar-refractivity contribution in [3.8, 4) is 17.0 Å². The van der Waals surface area contributed by atoms with E-state index >= 15 is 0 Å². The lowest BCUT2D eigenvalue weighted by atomic mass is 10.1. The molecule has 2 aromatic carbocycles. The van der Waals surface area contributed by atoms with Gasteiger partial charge in [0.15, 0.2) is 12.2 Å². The van der Waals surface area contributed by atoms with Gasteiger partial charge in [-0.1, -0.05) is 29.8 Å². The summed E-state index contributed by atoms with van der Waals surface area (Å²) < 4.78 is 9.64. The quantitative estimate of drug-likeness (QED) is 0.442. The van der Waals surface area contributed by atoms with Gasteiger partial charge in [-0.2, -0.15) is 0 Å². The number of hydrogen-bond donors (Lipinski definition) is 0. The maximum atomic E-state index is 12.7. The number of benzene rings is 2. The summed E-state index contributed by atoms with van der Waals surface area (Å²) in [5.74, 6) is 2.12. The maximum Gasteiger partial charge on any atom is 0.257 e. The van der Waals surface area contributed by atoms with Crippen molar-refractivity contribution in [2.24, 2.45) is 0 Å². The van der Waals surface area contributed by atoms with Crippen molar-refractivity contribution in [2.45, 2.75) is 32.9 Å². The molecule has 0 saturated carbocycles. The first-order valence-corrected chi connectivity index (χ1v) is 9.02. The molecule has 4 nitrogen and oxygen atoms in total. The number of rotatable bonds is 5. The Morgan fingerprint density at radius 1 is 1.11 bits per heavy atom. The fraction of sp³-hybridized carbons (Fsp3) is 0.273. The SMILES string of the molecule is COc1ccc(C(=O)C[n+]2cc(-c3ccc(C)cc3)n3c2CCC3)cc1.[Br-]. The first kappa shape index (κ1) is 19.4. The van der Waals surface area contributed by atoms with Gasteiger partial charge in [-0.15, -0.1) is 0 Å². The zero-order valence-electron chi connectivity index (χ0n) is 15.6. The van der Waals surface area contributed by atoms with Crippen LogP contribution in [-0.2, 0) is 19.5 Å². The van der Waals surface area contributed by atoms with Crippen LogP contribution in [0.15, 0.2) is 54.7 Å².